The molecule has 0 aliphatic carbocycles. The topological polar surface area (TPSA) is 105 Å². The van der Waals surface area contributed by atoms with Gasteiger partial charge in [0.15, 0.2) is 0 Å². The minimum atomic E-state index is -0.479. The number of hydrogen-bond donors (Lipinski definition) is 3. The van der Waals surface area contributed by atoms with Crippen LogP contribution in [0.2, 0.25) is 0 Å². The Morgan fingerprint density at radius 2 is 1.14 bits per heavy atom. The Morgan fingerprint density at radius 3 is 1.68 bits per heavy atom. The molecular weight excluding hydrogens is 556 g/mol. The van der Waals surface area contributed by atoms with Crippen molar-refractivity contribution in [3.8, 4) is 0 Å². The number of hydrogen-bond acceptors (Lipinski definition) is 7. The Labute approximate surface area is 268 Å². The molecule has 0 radical (unpaired) electrons. The fourth-order valence-electron chi connectivity index (χ4n) is 7.28. The van der Waals surface area contributed by atoms with Crippen molar-refractivity contribution in [3.63, 3.8) is 0 Å². The lowest BCUT2D eigenvalue weighted by molar-refractivity contribution is -0.139. The lowest BCUT2D eigenvalue weighted by atomic mass is 9.99. The molecule has 0 aromatic carbocycles. The van der Waals surface area contributed by atoms with Gasteiger partial charge in [-0.15, -0.1) is 0 Å². The zero-order valence-electron chi connectivity index (χ0n) is 28.1. The first-order valence-electron chi connectivity index (χ1n) is 18.6. The summed E-state index contributed by atoms with van der Waals surface area (Å²) in [6, 6.07) is 0. The number of aliphatic hydroxyl groups excluding tert-OH is 3. The van der Waals surface area contributed by atoms with Gasteiger partial charge in [-0.3, -0.25) is 0 Å². The normalized spacial score (nSPS) is 27.4. The van der Waals surface area contributed by atoms with E-state index in [0.29, 0.717) is 6.42 Å². The molecule has 0 aromatic rings. The third kappa shape index (κ3) is 14.2. The van der Waals surface area contributed by atoms with Crippen LogP contribution < -0.4 is 0 Å². The molecule has 2 fully saturated rings. The van der Waals surface area contributed by atoms with Gasteiger partial charge < -0.3 is 29.5 Å². The first-order valence-corrected chi connectivity index (χ1v) is 18.6. The molecule has 0 saturated carbocycles. The average Bonchev–Trinajstić information content (AvgIpc) is 3.76. The molecule has 2 saturated heterocycles. The summed E-state index contributed by atoms with van der Waals surface area (Å²) < 4.78 is 17.7. The number of aliphatic hydroxyl groups is 3. The first-order chi connectivity index (χ1) is 21.4. The van der Waals surface area contributed by atoms with Gasteiger partial charge in [-0.05, 0) is 83.6 Å². The predicted octanol–water partition coefficient (Wildman–Crippen LogP) is 7.86. The lowest BCUT2D eigenvalue weighted by Gasteiger charge is -2.24. The van der Waals surface area contributed by atoms with Gasteiger partial charge in [-0.2, -0.15) is 0 Å². The summed E-state index contributed by atoms with van der Waals surface area (Å²) in [5, 5.41) is 31.6. The molecular formula is C37H66O7. The Hall–Kier alpha value is -0.990. The van der Waals surface area contributed by atoms with Gasteiger partial charge in [0, 0.05) is 5.57 Å². The SMILES string of the molecule is CCCCCC[C@H](O)CCC[C@H](O)[C@H]1CC[C@@H]([C@@H]2CC[C@@H]([C@@H](O)CCCCCCCCCCCCC3=CC(C)OC3=O)O2)O1. The number of carbonyl (C=O) groups is 1. The molecule has 3 rings (SSSR count). The van der Waals surface area contributed by atoms with E-state index in [0.717, 1.165) is 89.0 Å². The van der Waals surface area contributed by atoms with Crippen LogP contribution in [0.4, 0.5) is 0 Å². The van der Waals surface area contributed by atoms with Crippen molar-refractivity contribution in [2.24, 2.45) is 0 Å². The van der Waals surface area contributed by atoms with Crippen molar-refractivity contribution in [1.82, 2.24) is 0 Å². The lowest BCUT2D eigenvalue weighted by Crippen LogP contribution is -2.33. The number of rotatable bonds is 25. The molecule has 0 amide bonds. The fourth-order valence-corrected chi connectivity index (χ4v) is 7.28. The van der Waals surface area contributed by atoms with Crippen LogP contribution in [-0.2, 0) is 19.0 Å². The second-order valence-corrected chi connectivity index (χ2v) is 14.0. The molecule has 8 atom stereocenters. The second kappa shape index (κ2) is 21.7. The van der Waals surface area contributed by atoms with Gasteiger partial charge >= 0.3 is 5.97 Å². The highest BCUT2D eigenvalue weighted by molar-refractivity contribution is 5.90. The van der Waals surface area contributed by atoms with Crippen LogP contribution in [0.5, 0.6) is 0 Å². The second-order valence-electron chi connectivity index (χ2n) is 14.0. The predicted molar refractivity (Wildman–Crippen MR) is 175 cm³/mol. The number of cyclic esters (lactones) is 1. The van der Waals surface area contributed by atoms with E-state index in [1.165, 1.54) is 64.2 Å². The van der Waals surface area contributed by atoms with Crippen LogP contribution in [-0.4, -0.2) is 70.1 Å². The summed E-state index contributed by atoms with van der Waals surface area (Å²) in [4.78, 5) is 11.6. The third-order valence-electron chi connectivity index (χ3n) is 10.1. The molecule has 44 heavy (non-hydrogen) atoms. The summed E-state index contributed by atoms with van der Waals surface area (Å²) in [5.74, 6) is -0.123. The quantitative estimate of drug-likeness (QED) is 0.0703. The summed E-state index contributed by atoms with van der Waals surface area (Å²) in [6.07, 6.45) is 25.7. The monoisotopic (exact) mass is 622 g/mol. The average molecular weight is 623 g/mol. The maximum atomic E-state index is 11.6. The molecule has 0 aromatic heterocycles. The summed E-state index contributed by atoms with van der Waals surface area (Å²) >= 11 is 0. The minimum Gasteiger partial charge on any atom is -0.455 e. The number of esters is 1. The Bertz CT molecular complexity index is 801. The highest BCUT2D eigenvalue weighted by atomic mass is 16.6. The summed E-state index contributed by atoms with van der Waals surface area (Å²) in [6.45, 7) is 4.11. The van der Waals surface area contributed by atoms with Gasteiger partial charge in [0.2, 0.25) is 0 Å². The molecule has 0 spiro atoms. The van der Waals surface area contributed by atoms with E-state index in [9.17, 15) is 20.1 Å². The molecule has 3 N–H and O–H groups in total. The maximum Gasteiger partial charge on any atom is 0.334 e. The maximum absolute atomic E-state index is 11.6. The first kappa shape index (κ1) is 37.5. The molecule has 7 heteroatoms. The molecule has 3 heterocycles. The summed E-state index contributed by atoms with van der Waals surface area (Å²) in [7, 11) is 0. The van der Waals surface area contributed by atoms with Crippen LogP contribution in [0, 0.1) is 0 Å². The van der Waals surface area contributed by atoms with E-state index in [-0.39, 0.29) is 42.6 Å². The van der Waals surface area contributed by atoms with Gasteiger partial charge in [0.25, 0.3) is 0 Å². The summed E-state index contributed by atoms with van der Waals surface area (Å²) in [5.41, 5.74) is 0.863. The third-order valence-corrected chi connectivity index (χ3v) is 10.1. The molecule has 7 nitrogen and oxygen atoms in total. The zero-order chi connectivity index (χ0) is 31.6. The Balaban J connectivity index is 1.13. The van der Waals surface area contributed by atoms with Crippen molar-refractivity contribution in [1.29, 1.82) is 0 Å². The van der Waals surface area contributed by atoms with Crippen LogP contribution in [0.25, 0.3) is 0 Å². The minimum absolute atomic E-state index is 0.0170. The van der Waals surface area contributed by atoms with Crippen LogP contribution in [0.1, 0.15) is 168 Å². The van der Waals surface area contributed by atoms with Crippen molar-refractivity contribution in [3.05, 3.63) is 11.6 Å². The Morgan fingerprint density at radius 1 is 0.659 bits per heavy atom. The highest BCUT2D eigenvalue weighted by Crippen LogP contribution is 2.34. The van der Waals surface area contributed by atoms with Crippen LogP contribution >= 0.6 is 0 Å². The van der Waals surface area contributed by atoms with E-state index in [1.807, 2.05) is 13.0 Å². The zero-order valence-corrected chi connectivity index (χ0v) is 28.1. The van der Waals surface area contributed by atoms with E-state index in [4.69, 9.17) is 14.2 Å². The van der Waals surface area contributed by atoms with Crippen LogP contribution in [0.15, 0.2) is 11.6 Å². The number of carbonyl (C=O) groups excluding carboxylic acids is 1. The standard InChI is InChI=1S/C37H66O7/c1-3-4-5-15-19-30(38)20-17-22-32(40)34-24-26-36(44-34)35-25-23-33(43-35)31(39)21-16-13-11-9-7-6-8-10-12-14-18-29-27-28(2)42-37(29)41/h27-28,30-36,38-40H,3-26H2,1-2H3/t28?,30-,31-,32-,33-,34+,35-,36-/m0/s1. The Kier molecular flexibility index (Phi) is 18.5. The van der Waals surface area contributed by atoms with E-state index in [1.54, 1.807) is 0 Å². The van der Waals surface area contributed by atoms with Crippen molar-refractivity contribution in [2.75, 3.05) is 0 Å². The van der Waals surface area contributed by atoms with Gasteiger partial charge in [0.05, 0.1) is 42.7 Å². The van der Waals surface area contributed by atoms with E-state index >= 15 is 0 Å². The fraction of sp³-hybridized carbons (Fsp3) is 0.919. The van der Waals surface area contributed by atoms with Crippen molar-refractivity contribution >= 4 is 5.97 Å². The highest BCUT2D eigenvalue weighted by Gasteiger charge is 2.40. The molecule has 3 aliphatic heterocycles. The van der Waals surface area contributed by atoms with Crippen molar-refractivity contribution in [2.45, 2.75) is 217 Å². The van der Waals surface area contributed by atoms with Gasteiger partial charge in [0.1, 0.15) is 6.10 Å². The van der Waals surface area contributed by atoms with Crippen LogP contribution in [0.3, 0.4) is 0 Å². The molecule has 1 unspecified atom stereocenters. The molecule has 3 aliphatic rings. The molecule has 256 valence electrons. The van der Waals surface area contributed by atoms with Gasteiger partial charge in [-0.1, -0.05) is 90.4 Å². The number of unbranched alkanes of at least 4 members (excludes halogenated alkanes) is 12. The van der Waals surface area contributed by atoms with Gasteiger partial charge in [-0.25, -0.2) is 4.79 Å². The smallest absolute Gasteiger partial charge is 0.334 e. The number of ether oxygens (including phenoxy) is 3. The van der Waals surface area contributed by atoms with E-state index < -0.39 is 12.2 Å². The van der Waals surface area contributed by atoms with E-state index in [2.05, 4.69) is 6.92 Å². The largest absolute Gasteiger partial charge is 0.455 e. The van der Waals surface area contributed by atoms with Crippen molar-refractivity contribution < 1.29 is 34.3 Å². The molecule has 0 bridgehead atoms.